The number of aliphatic carboxylic acids is 1. The molecule has 2 rings (SSSR count). The largest absolute Gasteiger partial charge is 0.480 e. The van der Waals surface area contributed by atoms with Crippen molar-refractivity contribution in [3.8, 4) is 0 Å². The first-order chi connectivity index (χ1) is 9.54. The number of carbonyl (C=O) groups excluding carboxylic acids is 1. The van der Waals surface area contributed by atoms with Gasteiger partial charge >= 0.3 is 5.97 Å². The van der Waals surface area contributed by atoms with Crippen LogP contribution in [0.25, 0.3) is 0 Å². The number of thiophene rings is 1. The van der Waals surface area contributed by atoms with E-state index >= 15 is 0 Å². The molecule has 1 aromatic rings. The molecule has 5 heteroatoms. The van der Waals surface area contributed by atoms with Crippen LogP contribution in [-0.2, 0) is 17.6 Å². The van der Waals surface area contributed by atoms with Gasteiger partial charge in [0.15, 0.2) is 0 Å². The molecule has 1 amide bonds. The van der Waals surface area contributed by atoms with Gasteiger partial charge in [-0.3, -0.25) is 4.79 Å². The number of amides is 1. The Morgan fingerprint density at radius 2 is 2.10 bits per heavy atom. The van der Waals surface area contributed by atoms with Crippen molar-refractivity contribution in [2.75, 3.05) is 0 Å². The zero-order chi connectivity index (χ0) is 14.7. The van der Waals surface area contributed by atoms with Gasteiger partial charge in [-0.05, 0) is 37.2 Å². The number of carboxylic acid groups (broad SMARTS) is 1. The molecule has 1 aliphatic carbocycles. The lowest BCUT2D eigenvalue weighted by Gasteiger charge is -2.20. The second kappa shape index (κ2) is 6.39. The van der Waals surface area contributed by atoms with Crippen molar-refractivity contribution < 1.29 is 14.7 Å². The summed E-state index contributed by atoms with van der Waals surface area (Å²) in [5.74, 6) is -1.28. The van der Waals surface area contributed by atoms with Gasteiger partial charge in [-0.2, -0.15) is 0 Å². The van der Waals surface area contributed by atoms with Gasteiger partial charge < -0.3 is 10.4 Å². The number of rotatable bonds is 5. The van der Waals surface area contributed by atoms with E-state index < -0.39 is 12.0 Å². The van der Waals surface area contributed by atoms with Crippen LogP contribution in [0.2, 0.25) is 0 Å². The summed E-state index contributed by atoms with van der Waals surface area (Å²) < 4.78 is 0. The highest BCUT2D eigenvalue weighted by Gasteiger charge is 2.28. The molecule has 1 aliphatic rings. The second-order valence-corrected chi connectivity index (χ2v) is 6.40. The lowest BCUT2D eigenvalue weighted by molar-refractivity contribution is -0.140. The van der Waals surface area contributed by atoms with Crippen molar-refractivity contribution in [1.29, 1.82) is 0 Å². The van der Waals surface area contributed by atoms with Crippen LogP contribution in [0, 0.1) is 5.92 Å². The van der Waals surface area contributed by atoms with E-state index in [-0.39, 0.29) is 11.8 Å². The summed E-state index contributed by atoms with van der Waals surface area (Å²) in [5, 5.41) is 13.8. The predicted octanol–water partition coefficient (Wildman–Crippen LogP) is 2.86. The first kappa shape index (κ1) is 15.0. The smallest absolute Gasteiger partial charge is 0.326 e. The Morgan fingerprint density at radius 3 is 2.75 bits per heavy atom. The number of nitrogens with one attached hydrogen (secondary N) is 1. The first-order valence-corrected chi connectivity index (χ1v) is 8.05. The summed E-state index contributed by atoms with van der Waals surface area (Å²) in [4.78, 5) is 24.9. The summed E-state index contributed by atoms with van der Waals surface area (Å²) in [6, 6.07) is -0.813. The molecule has 2 atom stereocenters. The minimum absolute atomic E-state index is 0.0779. The fourth-order valence-corrected chi connectivity index (χ4v) is 3.71. The third-order valence-electron chi connectivity index (χ3n) is 4.07. The van der Waals surface area contributed by atoms with E-state index in [9.17, 15) is 14.7 Å². The van der Waals surface area contributed by atoms with E-state index in [0.29, 0.717) is 5.56 Å². The van der Waals surface area contributed by atoms with E-state index in [2.05, 4.69) is 5.32 Å². The van der Waals surface area contributed by atoms with Gasteiger partial charge in [0.05, 0.1) is 5.56 Å². The number of carbonyl (C=O) groups is 2. The molecule has 0 bridgehead atoms. The molecule has 1 heterocycles. The van der Waals surface area contributed by atoms with Crippen molar-refractivity contribution >= 4 is 23.2 Å². The molecular formula is C15H21NO3S. The third-order valence-corrected chi connectivity index (χ3v) is 5.16. The normalized spacial score (nSPS) is 17.1. The van der Waals surface area contributed by atoms with E-state index in [1.807, 2.05) is 19.2 Å². The molecular weight excluding hydrogens is 274 g/mol. The van der Waals surface area contributed by atoms with Crippen LogP contribution in [0.5, 0.6) is 0 Å². The maximum atomic E-state index is 12.3. The molecule has 4 nitrogen and oxygen atoms in total. The standard InChI is InChI=1S/C15H21NO3S/c1-3-9(2)13(15(18)19)16-14(17)11-8-20-12-7-5-4-6-10(11)12/h8-9,13H,3-7H2,1-2H3,(H,16,17)(H,18,19). The highest BCUT2D eigenvalue weighted by atomic mass is 32.1. The van der Waals surface area contributed by atoms with Gasteiger partial charge in [0, 0.05) is 10.3 Å². The molecule has 0 saturated carbocycles. The lowest BCUT2D eigenvalue weighted by atomic mass is 9.94. The Morgan fingerprint density at radius 1 is 1.40 bits per heavy atom. The van der Waals surface area contributed by atoms with Gasteiger partial charge in [0.2, 0.25) is 0 Å². The molecule has 0 aromatic carbocycles. The zero-order valence-corrected chi connectivity index (χ0v) is 12.8. The van der Waals surface area contributed by atoms with Gasteiger partial charge in [0.25, 0.3) is 5.91 Å². The third kappa shape index (κ3) is 3.03. The zero-order valence-electron chi connectivity index (χ0n) is 11.9. The number of aryl methyl sites for hydroxylation is 1. The van der Waals surface area contributed by atoms with Crippen molar-refractivity contribution in [1.82, 2.24) is 5.32 Å². The average Bonchev–Trinajstić information content (AvgIpc) is 2.87. The van der Waals surface area contributed by atoms with Crippen LogP contribution >= 0.6 is 11.3 Å². The molecule has 0 spiro atoms. The Labute approximate surface area is 123 Å². The Hall–Kier alpha value is -1.36. The lowest BCUT2D eigenvalue weighted by Crippen LogP contribution is -2.45. The molecule has 2 N–H and O–H groups in total. The summed E-state index contributed by atoms with van der Waals surface area (Å²) in [6.07, 6.45) is 4.99. The van der Waals surface area contributed by atoms with E-state index in [4.69, 9.17) is 0 Å². The highest BCUT2D eigenvalue weighted by Crippen LogP contribution is 2.30. The van der Waals surface area contributed by atoms with Crippen LogP contribution in [0.3, 0.4) is 0 Å². The van der Waals surface area contributed by atoms with Crippen molar-refractivity contribution in [3.05, 3.63) is 21.4 Å². The number of hydrogen-bond acceptors (Lipinski definition) is 3. The topological polar surface area (TPSA) is 66.4 Å². The van der Waals surface area contributed by atoms with Crippen LogP contribution in [0.4, 0.5) is 0 Å². The number of fused-ring (bicyclic) bond motifs is 1. The Balaban J connectivity index is 2.15. The summed E-state index contributed by atoms with van der Waals surface area (Å²) in [6.45, 7) is 3.78. The first-order valence-electron chi connectivity index (χ1n) is 7.17. The maximum absolute atomic E-state index is 12.3. The average molecular weight is 295 g/mol. The van der Waals surface area contributed by atoms with Crippen molar-refractivity contribution in [3.63, 3.8) is 0 Å². The SMILES string of the molecule is CCC(C)C(NC(=O)c1csc2c1CCCC2)C(=O)O. The summed E-state index contributed by atoms with van der Waals surface area (Å²) in [7, 11) is 0. The van der Waals surface area contributed by atoms with Gasteiger partial charge in [0.1, 0.15) is 6.04 Å². The van der Waals surface area contributed by atoms with Gasteiger partial charge in [-0.1, -0.05) is 20.3 Å². The molecule has 0 radical (unpaired) electrons. The monoisotopic (exact) mass is 295 g/mol. The number of hydrogen-bond donors (Lipinski definition) is 2. The molecule has 0 aliphatic heterocycles. The van der Waals surface area contributed by atoms with Gasteiger partial charge in [-0.25, -0.2) is 4.79 Å². The minimum Gasteiger partial charge on any atom is -0.480 e. The molecule has 1 aromatic heterocycles. The van der Waals surface area contributed by atoms with Crippen LogP contribution in [0.15, 0.2) is 5.38 Å². The van der Waals surface area contributed by atoms with Crippen molar-refractivity contribution in [2.45, 2.75) is 52.0 Å². The van der Waals surface area contributed by atoms with Crippen LogP contribution in [-0.4, -0.2) is 23.0 Å². The quantitative estimate of drug-likeness (QED) is 0.878. The summed E-state index contributed by atoms with van der Waals surface area (Å²) in [5.41, 5.74) is 1.81. The van der Waals surface area contributed by atoms with Crippen molar-refractivity contribution in [2.24, 2.45) is 5.92 Å². The molecule has 0 saturated heterocycles. The molecule has 2 unspecified atom stereocenters. The summed E-state index contributed by atoms with van der Waals surface area (Å²) >= 11 is 1.62. The fraction of sp³-hybridized carbons (Fsp3) is 0.600. The second-order valence-electron chi connectivity index (χ2n) is 5.43. The van der Waals surface area contributed by atoms with Gasteiger partial charge in [-0.15, -0.1) is 11.3 Å². The maximum Gasteiger partial charge on any atom is 0.326 e. The fourth-order valence-electron chi connectivity index (χ4n) is 2.59. The van der Waals surface area contributed by atoms with Crippen LogP contribution in [0.1, 0.15) is 53.9 Å². The number of carboxylic acids is 1. The van der Waals surface area contributed by atoms with E-state index in [1.54, 1.807) is 11.3 Å². The Bertz CT molecular complexity index is 509. The minimum atomic E-state index is -0.961. The predicted molar refractivity (Wildman–Crippen MR) is 79.3 cm³/mol. The molecule has 110 valence electrons. The molecule has 20 heavy (non-hydrogen) atoms. The molecule has 0 fully saturated rings. The van der Waals surface area contributed by atoms with E-state index in [0.717, 1.165) is 31.2 Å². The Kier molecular flexibility index (Phi) is 4.81. The van der Waals surface area contributed by atoms with Crippen LogP contribution < -0.4 is 5.32 Å². The highest BCUT2D eigenvalue weighted by molar-refractivity contribution is 7.10. The van der Waals surface area contributed by atoms with E-state index in [1.165, 1.54) is 11.3 Å².